The second-order valence-corrected chi connectivity index (χ2v) is 5.44. The molecule has 1 saturated heterocycles. The molecule has 7 heteroatoms. The van der Waals surface area contributed by atoms with Crippen molar-refractivity contribution in [2.75, 3.05) is 25.0 Å². The molecule has 7 nitrogen and oxygen atoms in total. The van der Waals surface area contributed by atoms with E-state index in [2.05, 4.69) is 10.3 Å². The molecule has 0 spiro atoms. The molecule has 0 saturated carbocycles. The van der Waals surface area contributed by atoms with Crippen LogP contribution in [-0.2, 0) is 19.1 Å². The average Bonchev–Trinajstić information content (AvgIpc) is 2.54. The van der Waals surface area contributed by atoms with Crippen molar-refractivity contribution >= 4 is 23.6 Å². The number of esters is 1. The lowest BCUT2D eigenvalue weighted by Crippen LogP contribution is -2.45. The van der Waals surface area contributed by atoms with Crippen molar-refractivity contribution in [3.63, 3.8) is 0 Å². The van der Waals surface area contributed by atoms with Crippen molar-refractivity contribution in [2.45, 2.75) is 26.7 Å². The van der Waals surface area contributed by atoms with Gasteiger partial charge in [0.15, 0.2) is 0 Å². The Morgan fingerprint density at radius 3 is 2.61 bits per heavy atom. The Balaban J connectivity index is 1.87. The highest BCUT2D eigenvalue weighted by molar-refractivity contribution is 6.39. The second-order valence-electron chi connectivity index (χ2n) is 5.44. The van der Waals surface area contributed by atoms with Crippen LogP contribution in [0.25, 0.3) is 0 Å². The van der Waals surface area contributed by atoms with E-state index in [1.165, 1.54) is 4.90 Å². The lowest BCUT2D eigenvalue weighted by atomic mass is 9.97. The molecule has 1 aliphatic heterocycles. The van der Waals surface area contributed by atoms with Crippen LogP contribution in [0, 0.1) is 12.8 Å². The molecule has 0 unspecified atom stereocenters. The molecule has 2 heterocycles. The van der Waals surface area contributed by atoms with Gasteiger partial charge in [-0.2, -0.15) is 0 Å². The summed E-state index contributed by atoms with van der Waals surface area (Å²) in [7, 11) is 0. The molecule has 0 atom stereocenters. The maximum Gasteiger partial charge on any atom is 0.315 e. The molecule has 1 aromatic heterocycles. The van der Waals surface area contributed by atoms with Crippen LogP contribution in [0.5, 0.6) is 0 Å². The maximum absolute atomic E-state index is 12.2. The molecule has 1 aromatic rings. The molecule has 23 heavy (non-hydrogen) atoms. The second kappa shape index (κ2) is 7.71. The molecular formula is C16H21N3O4. The predicted molar refractivity (Wildman–Crippen MR) is 83.5 cm³/mol. The first kappa shape index (κ1) is 16.9. The maximum atomic E-state index is 12.2. The average molecular weight is 319 g/mol. The summed E-state index contributed by atoms with van der Waals surface area (Å²) in [5, 5.41) is 2.50. The lowest BCUT2D eigenvalue weighted by Gasteiger charge is -2.30. The summed E-state index contributed by atoms with van der Waals surface area (Å²) in [6.07, 6.45) is 1.03. The minimum Gasteiger partial charge on any atom is -0.466 e. The summed E-state index contributed by atoms with van der Waals surface area (Å²) in [5.41, 5.74) is 0.755. The van der Waals surface area contributed by atoms with Gasteiger partial charge in [-0.15, -0.1) is 0 Å². The number of carbonyl (C=O) groups is 3. The van der Waals surface area contributed by atoms with Crippen molar-refractivity contribution in [1.29, 1.82) is 0 Å². The standard InChI is InChI=1S/C16H21N3O4/c1-3-23-16(22)12-7-9-19(10-8-12)15(21)14(20)18-13-6-4-5-11(2)17-13/h4-6,12H,3,7-10H2,1-2H3,(H,17,18,20). The minimum atomic E-state index is -0.710. The number of rotatable bonds is 3. The Bertz CT molecular complexity index is 595. The topological polar surface area (TPSA) is 88.6 Å². The van der Waals surface area contributed by atoms with Crippen LogP contribution in [0.4, 0.5) is 5.82 Å². The molecule has 0 radical (unpaired) electrons. The van der Waals surface area contributed by atoms with Crippen LogP contribution in [0.3, 0.4) is 0 Å². The summed E-state index contributed by atoms with van der Waals surface area (Å²) in [5.74, 6) is -1.38. The Morgan fingerprint density at radius 2 is 2.00 bits per heavy atom. The fourth-order valence-electron chi connectivity index (χ4n) is 2.50. The van der Waals surface area contributed by atoms with Crippen molar-refractivity contribution in [3.8, 4) is 0 Å². The summed E-state index contributed by atoms with van der Waals surface area (Å²) >= 11 is 0. The fourth-order valence-corrected chi connectivity index (χ4v) is 2.50. The van der Waals surface area contributed by atoms with Gasteiger partial charge in [0.25, 0.3) is 0 Å². The lowest BCUT2D eigenvalue weighted by molar-refractivity contribution is -0.152. The Morgan fingerprint density at radius 1 is 1.30 bits per heavy atom. The van der Waals surface area contributed by atoms with Crippen LogP contribution >= 0.6 is 0 Å². The number of carbonyl (C=O) groups excluding carboxylic acids is 3. The molecule has 1 aliphatic rings. The van der Waals surface area contributed by atoms with Gasteiger partial charge in [0.2, 0.25) is 0 Å². The van der Waals surface area contributed by atoms with Gasteiger partial charge in [-0.05, 0) is 38.8 Å². The predicted octanol–water partition coefficient (Wildman–Crippen LogP) is 1.13. The number of pyridine rings is 1. The molecule has 124 valence electrons. The van der Waals surface area contributed by atoms with E-state index in [0.717, 1.165) is 5.69 Å². The summed E-state index contributed by atoms with van der Waals surface area (Å²) in [4.78, 5) is 41.4. The third-order valence-corrected chi connectivity index (χ3v) is 3.73. The molecule has 2 amide bonds. The number of ether oxygens (including phenoxy) is 1. The van der Waals surface area contributed by atoms with E-state index >= 15 is 0 Å². The van der Waals surface area contributed by atoms with Gasteiger partial charge in [-0.1, -0.05) is 6.07 Å². The van der Waals surface area contributed by atoms with Crippen LogP contribution in [0.15, 0.2) is 18.2 Å². The normalized spacial score (nSPS) is 15.1. The molecule has 1 fully saturated rings. The summed E-state index contributed by atoms with van der Waals surface area (Å²) < 4.78 is 4.98. The quantitative estimate of drug-likeness (QED) is 0.666. The van der Waals surface area contributed by atoms with Crippen molar-refractivity contribution in [1.82, 2.24) is 9.88 Å². The minimum absolute atomic E-state index is 0.194. The zero-order chi connectivity index (χ0) is 16.8. The zero-order valence-electron chi connectivity index (χ0n) is 13.4. The molecule has 0 aromatic carbocycles. The number of aryl methyl sites for hydroxylation is 1. The molecule has 0 aliphatic carbocycles. The fraction of sp³-hybridized carbons (Fsp3) is 0.500. The highest BCUT2D eigenvalue weighted by atomic mass is 16.5. The van der Waals surface area contributed by atoms with E-state index in [1.54, 1.807) is 32.0 Å². The third-order valence-electron chi connectivity index (χ3n) is 3.73. The van der Waals surface area contributed by atoms with Gasteiger partial charge in [0.05, 0.1) is 12.5 Å². The number of anilines is 1. The number of hydrogen-bond acceptors (Lipinski definition) is 5. The molecule has 0 bridgehead atoms. The number of nitrogens with zero attached hydrogens (tertiary/aromatic N) is 2. The Hall–Kier alpha value is -2.44. The van der Waals surface area contributed by atoms with E-state index in [0.29, 0.717) is 38.4 Å². The van der Waals surface area contributed by atoms with Crippen LogP contribution < -0.4 is 5.32 Å². The van der Waals surface area contributed by atoms with Gasteiger partial charge in [0, 0.05) is 18.8 Å². The first-order chi connectivity index (χ1) is 11.0. The summed E-state index contributed by atoms with van der Waals surface area (Å²) in [6, 6.07) is 5.19. The van der Waals surface area contributed by atoms with E-state index in [1.807, 2.05) is 0 Å². The van der Waals surface area contributed by atoms with Gasteiger partial charge >= 0.3 is 17.8 Å². The molecule has 2 rings (SSSR count). The van der Waals surface area contributed by atoms with Crippen LogP contribution in [0.2, 0.25) is 0 Å². The number of piperidine rings is 1. The number of likely N-dealkylation sites (tertiary alicyclic amines) is 1. The Labute approximate surface area is 135 Å². The highest BCUT2D eigenvalue weighted by Gasteiger charge is 2.30. The van der Waals surface area contributed by atoms with Crippen LogP contribution in [0.1, 0.15) is 25.5 Å². The van der Waals surface area contributed by atoms with Crippen molar-refractivity contribution in [3.05, 3.63) is 23.9 Å². The smallest absolute Gasteiger partial charge is 0.315 e. The Kier molecular flexibility index (Phi) is 5.67. The molecular weight excluding hydrogens is 298 g/mol. The first-order valence-corrected chi connectivity index (χ1v) is 7.71. The number of hydrogen-bond donors (Lipinski definition) is 1. The number of amides is 2. The van der Waals surface area contributed by atoms with Gasteiger partial charge in [0.1, 0.15) is 5.82 Å². The van der Waals surface area contributed by atoms with E-state index in [-0.39, 0.29) is 11.9 Å². The van der Waals surface area contributed by atoms with Crippen LogP contribution in [-0.4, -0.2) is 47.4 Å². The SMILES string of the molecule is CCOC(=O)C1CCN(C(=O)C(=O)Nc2cccc(C)n2)CC1. The van der Waals surface area contributed by atoms with E-state index in [9.17, 15) is 14.4 Å². The molecule has 1 N–H and O–H groups in total. The monoisotopic (exact) mass is 319 g/mol. The first-order valence-electron chi connectivity index (χ1n) is 7.71. The zero-order valence-corrected chi connectivity index (χ0v) is 13.4. The largest absolute Gasteiger partial charge is 0.466 e. The third kappa shape index (κ3) is 4.51. The highest BCUT2D eigenvalue weighted by Crippen LogP contribution is 2.19. The van der Waals surface area contributed by atoms with E-state index in [4.69, 9.17) is 4.74 Å². The van der Waals surface area contributed by atoms with Gasteiger partial charge in [-0.25, -0.2) is 4.98 Å². The number of nitrogens with one attached hydrogen (secondary N) is 1. The van der Waals surface area contributed by atoms with Crippen molar-refractivity contribution in [2.24, 2.45) is 5.92 Å². The number of aromatic nitrogens is 1. The van der Waals surface area contributed by atoms with E-state index < -0.39 is 11.8 Å². The van der Waals surface area contributed by atoms with Gasteiger partial charge in [-0.3, -0.25) is 14.4 Å². The van der Waals surface area contributed by atoms with Gasteiger partial charge < -0.3 is 15.0 Å². The van der Waals surface area contributed by atoms with Crippen molar-refractivity contribution < 1.29 is 19.1 Å². The summed E-state index contributed by atoms with van der Waals surface area (Å²) in [6.45, 7) is 4.66.